The van der Waals surface area contributed by atoms with Gasteiger partial charge in [-0.1, -0.05) is 54.6 Å². The van der Waals surface area contributed by atoms with Crippen LogP contribution in [0, 0.1) is 0 Å². The molecule has 3 nitrogen and oxygen atoms in total. The maximum atomic E-state index is 13.2. The Bertz CT molecular complexity index is 1020. The standard InChI is InChI=1S/C24H21F3N2O/c25-24(26,27)18-13-10-17(11-14-18)22(28-19-7-2-1-3-8-19)23(30)29-21-15-12-16-6-4-5-9-20(16)21/h1-11,13-14,21-22,28H,12,15H2,(H,29,30)/t21-,22?/m0/s1. The summed E-state index contributed by atoms with van der Waals surface area (Å²) in [5.41, 5.74) is 2.75. The molecule has 30 heavy (non-hydrogen) atoms. The number of benzene rings is 3. The third-order valence-electron chi connectivity index (χ3n) is 5.37. The van der Waals surface area contributed by atoms with E-state index in [4.69, 9.17) is 0 Å². The maximum Gasteiger partial charge on any atom is 0.416 e. The van der Waals surface area contributed by atoms with Crippen molar-refractivity contribution in [3.8, 4) is 0 Å². The van der Waals surface area contributed by atoms with Gasteiger partial charge in [-0.2, -0.15) is 13.2 Å². The molecule has 0 heterocycles. The molecule has 0 radical (unpaired) electrons. The number of aryl methyl sites for hydroxylation is 1. The second-order valence-electron chi connectivity index (χ2n) is 7.36. The van der Waals surface area contributed by atoms with Crippen molar-refractivity contribution in [2.75, 3.05) is 5.32 Å². The zero-order valence-electron chi connectivity index (χ0n) is 16.1. The predicted molar refractivity (Wildman–Crippen MR) is 110 cm³/mol. The molecule has 0 saturated heterocycles. The molecule has 0 fully saturated rings. The van der Waals surface area contributed by atoms with E-state index in [9.17, 15) is 18.0 Å². The van der Waals surface area contributed by atoms with Crippen LogP contribution in [0.3, 0.4) is 0 Å². The van der Waals surface area contributed by atoms with E-state index in [0.717, 1.165) is 30.5 Å². The Labute approximate surface area is 172 Å². The first-order chi connectivity index (χ1) is 14.4. The SMILES string of the molecule is O=C(N[C@H]1CCc2ccccc21)C(Nc1ccccc1)c1ccc(C(F)(F)F)cc1. The summed E-state index contributed by atoms with van der Waals surface area (Å²) >= 11 is 0. The lowest BCUT2D eigenvalue weighted by Gasteiger charge is -2.23. The van der Waals surface area contributed by atoms with E-state index in [1.807, 2.05) is 48.5 Å². The van der Waals surface area contributed by atoms with Gasteiger partial charge in [0.15, 0.2) is 0 Å². The number of carbonyl (C=O) groups excluding carboxylic acids is 1. The number of carbonyl (C=O) groups is 1. The van der Waals surface area contributed by atoms with Crippen LogP contribution in [0.2, 0.25) is 0 Å². The largest absolute Gasteiger partial charge is 0.416 e. The van der Waals surface area contributed by atoms with Gasteiger partial charge < -0.3 is 10.6 Å². The van der Waals surface area contributed by atoms with Crippen LogP contribution in [0.15, 0.2) is 78.9 Å². The predicted octanol–water partition coefficient (Wildman–Crippen LogP) is 5.66. The fraction of sp³-hybridized carbons (Fsp3) is 0.208. The first-order valence-electron chi connectivity index (χ1n) is 9.79. The van der Waals surface area contributed by atoms with Crippen LogP contribution in [0.4, 0.5) is 18.9 Å². The lowest BCUT2D eigenvalue weighted by molar-refractivity contribution is -0.137. The maximum absolute atomic E-state index is 13.2. The van der Waals surface area contributed by atoms with Crippen LogP contribution >= 0.6 is 0 Å². The Balaban J connectivity index is 1.59. The number of amides is 1. The van der Waals surface area contributed by atoms with Gasteiger partial charge in [0.1, 0.15) is 6.04 Å². The number of hydrogen-bond acceptors (Lipinski definition) is 2. The Morgan fingerprint density at radius 1 is 0.900 bits per heavy atom. The summed E-state index contributed by atoms with van der Waals surface area (Å²) in [7, 11) is 0. The van der Waals surface area contributed by atoms with Crippen LogP contribution in [0.1, 0.15) is 40.8 Å². The van der Waals surface area contributed by atoms with E-state index in [0.29, 0.717) is 11.3 Å². The number of rotatable bonds is 5. The summed E-state index contributed by atoms with van der Waals surface area (Å²) in [6.07, 6.45) is -2.73. The van der Waals surface area contributed by atoms with E-state index in [-0.39, 0.29) is 11.9 Å². The molecule has 0 aliphatic heterocycles. The van der Waals surface area contributed by atoms with Gasteiger partial charge in [-0.25, -0.2) is 0 Å². The van der Waals surface area contributed by atoms with Crippen molar-refractivity contribution in [1.29, 1.82) is 0 Å². The zero-order valence-corrected chi connectivity index (χ0v) is 16.1. The summed E-state index contributed by atoms with van der Waals surface area (Å²) in [4.78, 5) is 13.2. The molecule has 0 aromatic heterocycles. The molecule has 154 valence electrons. The first kappa shape index (κ1) is 20.0. The normalized spacial score (nSPS) is 16.6. The van der Waals surface area contributed by atoms with Gasteiger partial charge in [0.25, 0.3) is 0 Å². The summed E-state index contributed by atoms with van der Waals surface area (Å²) in [5, 5.41) is 6.23. The topological polar surface area (TPSA) is 41.1 Å². The van der Waals surface area contributed by atoms with Gasteiger partial charge in [-0.3, -0.25) is 4.79 Å². The molecule has 6 heteroatoms. The molecule has 1 aliphatic carbocycles. The summed E-state index contributed by atoms with van der Waals surface area (Å²) in [6, 6.07) is 20.9. The van der Waals surface area contributed by atoms with Gasteiger partial charge in [0, 0.05) is 5.69 Å². The molecule has 2 atom stereocenters. The number of anilines is 1. The lowest BCUT2D eigenvalue weighted by atomic mass is 10.0. The van der Waals surface area contributed by atoms with Crippen LogP contribution in [-0.4, -0.2) is 5.91 Å². The highest BCUT2D eigenvalue weighted by molar-refractivity contribution is 5.86. The second kappa shape index (κ2) is 8.22. The van der Waals surface area contributed by atoms with E-state index >= 15 is 0 Å². The van der Waals surface area contributed by atoms with Crippen molar-refractivity contribution in [2.45, 2.75) is 31.1 Å². The number of nitrogens with one attached hydrogen (secondary N) is 2. The van der Waals surface area contributed by atoms with E-state index in [1.54, 1.807) is 0 Å². The van der Waals surface area contributed by atoms with Gasteiger partial charge in [0.05, 0.1) is 11.6 Å². The number of para-hydroxylation sites is 1. The molecule has 3 aromatic carbocycles. The van der Waals surface area contributed by atoms with Crippen LogP contribution in [0.25, 0.3) is 0 Å². The molecule has 0 bridgehead atoms. The van der Waals surface area contributed by atoms with Crippen molar-refractivity contribution in [1.82, 2.24) is 5.32 Å². The average molecular weight is 410 g/mol. The third-order valence-corrected chi connectivity index (χ3v) is 5.37. The van der Waals surface area contributed by atoms with Gasteiger partial charge >= 0.3 is 6.18 Å². The Morgan fingerprint density at radius 3 is 2.27 bits per heavy atom. The second-order valence-corrected chi connectivity index (χ2v) is 7.36. The minimum atomic E-state index is -4.42. The van der Waals surface area contributed by atoms with Gasteiger partial charge in [-0.15, -0.1) is 0 Å². The molecular weight excluding hydrogens is 389 g/mol. The zero-order chi connectivity index (χ0) is 21.1. The molecule has 0 spiro atoms. The number of hydrogen-bond donors (Lipinski definition) is 2. The Morgan fingerprint density at radius 2 is 1.57 bits per heavy atom. The fourth-order valence-corrected chi connectivity index (χ4v) is 3.83. The van der Waals surface area contributed by atoms with Crippen molar-refractivity contribution in [3.05, 3.63) is 101 Å². The number of halogens is 3. The van der Waals surface area contributed by atoms with E-state index in [1.165, 1.54) is 17.7 Å². The van der Waals surface area contributed by atoms with Crippen LogP contribution < -0.4 is 10.6 Å². The Kier molecular flexibility index (Phi) is 5.48. The van der Waals surface area contributed by atoms with Crippen molar-refractivity contribution in [3.63, 3.8) is 0 Å². The summed E-state index contributed by atoms with van der Waals surface area (Å²) in [6.45, 7) is 0. The average Bonchev–Trinajstić information content (AvgIpc) is 3.15. The quantitative estimate of drug-likeness (QED) is 0.570. The third kappa shape index (κ3) is 4.32. The van der Waals surface area contributed by atoms with Crippen LogP contribution in [-0.2, 0) is 17.4 Å². The molecule has 3 aromatic rings. The molecule has 0 saturated carbocycles. The van der Waals surface area contributed by atoms with Crippen molar-refractivity contribution in [2.24, 2.45) is 0 Å². The highest BCUT2D eigenvalue weighted by Crippen LogP contribution is 2.33. The summed E-state index contributed by atoms with van der Waals surface area (Å²) < 4.78 is 38.8. The van der Waals surface area contributed by atoms with Gasteiger partial charge in [0.2, 0.25) is 5.91 Å². The van der Waals surface area contributed by atoms with Crippen molar-refractivity contribution >= 4 is 11.6 Å². The number of fused-ring (bicyclic) bond motifs is 1. The molecule has 4 rings (SSSR count). The van der Waals surface area contributed by atoms with Crippen molar-refractivity contribution < 1.29 is 18.0 Å². The molecular formula is C24H21F3N2O. The monoisotopic (exact) mass is 410 g/mol. The minimum absolute atomic E-state index is 0.108. The fourth-order valence-electron chi connectivity index (χ4n) is 3.83. The highest BCUT2D eigenvalue weighted by atomic mass is 19.4. The smallest absolute Gasteiger partial charge is 0.370 e. The Hall–Kier alpha value is -3.28. The molecule has 1 aliphatic rings. The minimum Gasteiger partial charge on any atom is -0.370 e. The van der Waals surface area contributed by atoms with E-state index in [2.05, 4.69) is 16.7 Å². The number of alkyl halides is 3. The lowest BCUT2D eigenvalue weighted by Crippen LogP contribution is -2.35. The first-order valence-corrected chi connectivity index (χ1v) is 9.79. The molecule has 2 N–H and O–H groups in total. The van der Waals surface area contributed by atoms with Crippen LogP contribution in [0.5, 0.6) is 0 Å². The summed E-state index contributed by atoms with van der Waals surface area (Å²) in [5.74, 6) is -0.277. The molecule has 1 unspecified atom stereocenters. The highest BCUT2D eigenvalue weighted by Gasteiger charge is 2.32. The molecule has 1 amide bonds. The van der Waals surface area contributed by atoms with Gasteiger partial charge in [-0.05, 0) is 53.8 Å². The van der Waals surface area contributed by atoms with E-state index < -0.39 is 17.8 Å².